The maximum Gasteiger partial charge on any atom is 0.417 e. The van der Waals surface area contributed by atoms with E-state index < -0.39 is 40.4 Å². The number of anilines is 1. The molecule has 2 aromatic rings. The van der Waals surface area contributed by atoms with Crippen molar-refractivity contribution in [2.45, 2.75) is 12.4 Å². The lowest BCUT2D eigenvalue weighted by Crippen LogP contribution is -2.13. The van der Waals surface area contributed by atoms with Crippen LogP contribution in [-0.2, 0) is 12.4 Å². The van der Waals surface area contributed by atoms with Gasteiger partial charge < -0.3 is 5.73 Å². The third-order valence-corrected chi connectivity index (χ3v) is 2.79. The fourth-order valence-corrected chi connectivity index (χ4v) is 1.95. The summed E-state index contributed by atoms with van der Waals surface area (Å²) in [4.78, 5) is 3.46. The Hall–Kier alpha value is -2.25. The SMILES string of the molecule is Nc1nccc(C(F)(F)F)c1-c1ccccc1C(F)(F)F. The summed E-state index contributed by atoms with van der Waals surface area (Å²) >= 11 is 0. The molecule has 1 aromatic carbocycles. The van der Waals surface area contributed by atoms with Crippen LogP contribution in [-0.4, -0.2) is 4.98 Å². The molecule has 0 unspecified atom stereocenters. The van der Waals surface area contributed by atoms with E-state index in [0.717, 1.165) is 18.3 Å². The zero-order chi connectivity index (χ0) is 15.8. The van der Waals surface area contributed by atoms with E-state index in [4.69, 9.17) is 5.73 Å². The van der Waals surface area contributed by atoms with Gasteiger partial charge in [-0.05, 0) is 17.7 Å². The number of aromatic nitrogens is 1. The Morgan fingerprint density at radius 3 is 1.95 bits per heavy atom. The summed E-state index contributed by atoms with van der Waals surface area (Å²) in [6.45, 7) is 0. The van der Waals surface area contributed by atoms with E-state index in [1.807, 2.05) is 0 Å². The fourth-order valence-electron chi connectivity index (χ4n) is 1.95. The Morgan fingerprint density at radius 1 is 0.810 bits per heavy atom. The largest absolute Gasteiger partial charge is 0.417 e. The molecule has 0 radical (unpaired) electrons. The average Bonchev–Trinajstić information content (AvgIpc) is 2.36. The summed E-state index contributed by atoms with van der Waals surface area (Å²) in [6, 6.07) is 4.52. The van der Waals surface area contributed by atoms with Gasteiger partial charge in [-0.3, -0.25) is 0 Å². The van der Waals surface area contributed by atoms with Crippen molar-refractivity contribution in [1.82, 2.24) is 4.98 Å². The first-order valence-corrected chi connectivity index (χ1v) is 5.60. The highest BCUT2D eigenvalue weighted by Gasteiger charge is 2.39. The smallest absolute Gasteiger partial charge is 0.383 e. The van der Waals surface area contributed by atoms with E-state index in [0.29, 0.717) is 12.1 Å². The molecule has 1 heterocycles. The van der Waals surface area contributed by atoms with Crippen LogP contribution in [0.4, 0.5) is 32.2 Å². The monoisotopic (exact) mass is 306 g/mol. The Bertz CT molecular complexity index is 660. The molecular formula is C13H8F6N2. The van der Waals surface area contributed by atoms with E-state index in [2.05, 4.69) is 4.98 Å². The summed E-state index contributed by atoms with van der Waals surface area (Å²) in [6.07, 6.45) is -8.84. The van der Waals surface area contributed by atoms with Gasteiger partial charge in [0.25, 0.3) is 0 Å². The molecule has 2 nitrogen and oxygen atoms in total. The zero-order valence-corrected chi connectivity index (χ0v) is 10.3. The lowest BCUT2D eigenvalue weighted by atomic mass is 9.95. The highest BCUT2D eigenvalue weighted by molar-refractivity contribution is 5.80. The van der Waals surface area contributed by atoms with Crippen LogP contribution in [0.1, 0.15) is 11.1 Å². The van der Waals surface area contributed by atoms with Gasteiger partial charge in [-0.15, -0.1) is 0 Å². The van der Waals surface area contributed by atoms with Gasteiger partial charge in [0, 0.05) is 11.8 Å². The van der Waals surface area contributed by atoms with Crippen molar-refractivity contribution in [3.63, 3.8) is 0 Å². The van der Waals surface area contributed by atoms with Gasteiger partial charge in [-0.2, -0.15) is 26.3 Å². The molecule has 0 aliphatic rings. The predicted molar refractivity (Wildman–Crippen MR) is 64.1 cm³/mol. The van der Waals surface area contributed by atoms with Crippen LogP contribution >= 0.6 is 0 Å². The molecule has 0 aliphatic heterocycles. The molecule has 0 aliphatic carbocycles. The lowest BCUT2D eigenvalue weighted by molar-refractivity contribution is -0.139. The molecule has 112 valence electrons. The number of nitrogens with two attached hydrogens (primary N) is 1. The van der Waals surface area contributed by atoms with Crippen molar-refractivity contribution in [1.29, 1.82) is 0 Å². The molecule has 0 fully saturated rings. The van der Waals surface area contributed by atoms with Gasteiger partial charge in [0.15, 0.2) is 0 Å². The molecule has 0 saturated carbocycles. The second-order valence-corrected chi connectivity index (χ2v) is 4.16. The standard InChI is InChI=1S/C13H8F6N2/c14-12(15,16)8-4-2-1-3-7(8)10-9(13(17,18)19)5-6-21-11(10)20/h1-6H,(H2,20,21). The van der Waals surface area contributed by atoms with E-state index in [1.165, 1.54) is 6.07 Å². The predicted octanol–water partition coefficient (Wildman–Crippen LogP) is 4.37. The molecule has 0 saturated heterocycles. The van der Waals surface area contributed by atoms with E-state index in [9.17, 15) is 26.3 Å². The van der Waals surface area contributed by atoms with Crippen LogP contribution in [0.2, 0.25) is 0 Å². The Labute approximate surface area is 115 Å². The summed E-state index contributed by atoms with van der Waals surface area (Å²) in [5.74, 6) is -0.610. The molecule has 0 bridgehead atoms. The van der Waals surface area contributed by atoms with Gasteiger partial charge >= 0.3 is 12.4 Å². The quantitative estimate of drug-likeness (QED) is 0.795. The molecule has 2 N–H and O–H groups in total. The van der Waals surface area contributed by atoms with Gasteiger partial charge in [0.2, 0.25) is 0 Å². The van der Waals surface area contributed by atoms with Gasteiger partial charge in [0.05, 0.1) is 11.1 Å². The molecule has 0 amide bonds. The van der Waals surface area contributed by atoms with E-state index in [1.54, 1.807) is 0 Å². The molecular weight excluding hydrogens is 298 g/mol. The average molecular weight is 306 g/mol. The Morgan fingerprint density at radius 2 is 1.38 bits per heavy atom. The fraction of sp³-hybridized carbons (Fsp3) is 0.154. The van der Waals surface area contributed by atoms with Crippen molar-refractivity contribution >= 4 is 5.82 Å². The Kier molecular flexibility index (Phi) is 3.56. The third kappa shape index (κ3) is 2.93. The molecule has 8 heteroatoms. The normalized spacial score (nSPS) is 12.5. The second-order valence-electron chi connectivity index (χ2n) is 4.16. The highest BCUT2D eigenvalue weighted by Crippen LogP contribution is 2.44. The minimum absolute atomic E-state index is 0.596. The summed E-state index contributed by atoms with van der Waals surface area (Å²) in [5.41, 5.74) is 1.51. The Balaban J connectivity index is 2.81. The van der Waals surface area contributed by atoms with Crippen molar-refractivity contribution in [3.8, 4) is 11.1 Å². The minimum Gasteiger partial charge on any atom is -0.383 e. The first kappa shape index (κ1) is 15.1. The van der Waals surface area contributed by atoms with Crippen molar-refractivity contribution in [3.05, 3.63) is 47.7 Å². The first-order chi connectivity index (χ1) is 9.62. The number of alkyl halides is 6. The number of hydrogen-bond donors (Lipinski definition) is 1. The van der Waals surface area contributed by atoms with E-state index >= 15 is 0 Å². The first-order valence-electron chi connectivity index (χ1n) is 5.60. The van der Waals surface area contributed by atoms with Crippen molar-refractivity contribution in [2.75, 3.05) is 5.73 Å². The van der Waals surface area contributed by atoms with Crippen LogP contribution in [0.25, 0.3) is 11.1 Å². The number of halogens is 6. The van der Waals surface area contributed by atoms with Crippen LogP contribution in [0, 0.1) is 0 Å². The molecule has 1 aromatic heterocycles. The summed E-state index contributed by atoms with van der Waals surface area (Å²) < 4.78 is 77.8. The minimum atomic E-state index is -4.84. The zero-order valence-electron chi connectivity index (χ0n) is 10.3. The molecule has 2 rings (SSSR count). The van der Waals surface area contributed by atoms with Crippen LogP contribution < -0.4 is 5.73 Å². The van der Waals surface area contributed by atoms with E-state index in [-0.39, 0.29) is 0 Å². The maximum absolute atomic E-state index is 13.0. The maximum atomic E-state index is 13.0. The van der Waals surface area contributed by atoms with Crippen LogP contribution in [0.5, 0.6) is 0 Å². The third-order valence-electron chi connectivity index (χ3n) is 2.79. The summed E-state index contributed by atoms with van der Waals surface area (Å²) in [5, 5.41) is 0. The van der Waals surface area contributed by atoms with Gasteiger partial charge in [-0.1, -0.05) is 18.2 Å². The number of nitrogen functional groups attached to an aromatic ring is 1. The van der Waals surface area contributed by atoms with Gasteiger partial charge in [0.1, 0.15) is 5.82 Å². The number of pyridine rings is 1. The molecule has 0 spiro atoms. The molecule has 0 atom stereocenters. The summed E-state index contributed by atoms with van der Waals surface area (Å²) in [7, 11) is 0. The van der Waals surface area contributed by atoms with Gasteiger partial charge in [-0.25, -0.2) is 4.98 Å². The highest BCUT2D eigenvalue weighted by atomic mass is 19.4. The number of rotatable bonds is 1. The number of hydrogen-bond acceptors (Lipinski definition) is 2. The second kappa shape index (κ2) is 4.94. The topological polar surface area (TPSA) is 38.9 Å². The van der Waals surface area contributed by atoms with Crippen molar-refractivity contribution in [2.24, 2.45) is 0 Å². The molecule has 21 heavy (non-hydrogen) atoms. The number of nitrogens with zero attached hydrogens (tertiary/aromatic N) is 1. The van der Waals surface area contributed by atoms with Crippen molar-refractivity contribution < 1.29 is 26.3 Å². The lowest BCUT2D eigenvalue weighted by Gasteiger charge is -2.18. The van der Waals surface area contributed by atoms with Crippen LogP contribution in [0.15, 0.2) is 36.5 Å². The number of benzene rings is 1. The van der Waals surface area contributed by atoms with Crippen LogP contribution in [0.3, 0.4) is 0 Å².